The van der Waals surface area contributed by atoms with Gasteiger partial charge in [-0.2, -0.15) is 0 Å². The lowest BCUT2D eigenvalue weighted by atomic mass is 10.2. The van der Waals surface area contributed by atoms with Crippen LogP contribution in [0.4, 0.5) is 9.52 Å². The molecule has 0 aliphatic carbocycles. The Kier molecular flexibility index (Phi) is 8.50. The summed E-state index contributed by atoms with van der Waals surface area (Å²) in [5.41, 5.74) is 7.30. The minimum atomic E-state index is -0.280. The Morgan fingerprint density at radius 1 is 1.06 bits per heavy atom. The predicted molar refractivity (Wildman–Crippen MR) is 129 cm³/mol. The zero-order valence-electron chi connectivity index (χ0n) is 18.4. The van der Waals surface area contributed by atoms with Gasteiger partial charge in [0.15, 0.2) is 11.0 Å². The third-order valence-corrected chi connectivity index (χ3v) is 6.23. The molecule has 0 aliphatic heterocycles. The molecule has 0 radical (unpaired) electrons. The standard InChI is InChI=1S/C13H14FN3OS.C9H9N3OS/c1-3-17-12(10-4-6-11(14)7-5-10)15-16-13(17)19-8-9(2)18;1-13-7-4-2-6(3-5-7)8-11-12-9(10)14-8/h4-7H,3,8H2,1-2H3;2-5H,1H3,(H2,10,12). The lowest BCUT2D eigenvalue weighted by molar-refractivity contribution is -0.114. The minimum absolute atomic E-state index is 0.0963. The summed E-state index contributed by atoms with van der Waals surface area (Å²) in [6, 6.07) is 13.8. The van der Waals surface area contributed by atoms with E-state index in [1.54, 1.807) is 26.2 Å². The number of rotatable bonds is 7. The second-order valence-corrected chi connectivity index (χ2v) is 8.67. The number of methoxy groups -OCH3 is 1. The summed E-state index contributed by atoms with van der Waals surface area (Å²) in [6.07, 6.45) is 0. The Morgan fingerprint density at radius 2 is 1.73 bits per heavy atom. The molecule has 4 aromatic rings. The van der Waals surface area contributed by atoms with Crippen LogP contribution < -0.4 is 10.5 Å². The third-order valence-electron chi connectivity index (χ3n) is 4.32. The number of nitrogens with zero attached hydrogens (tertiary/aromatic N) is 5. The van der Waals surface area contributed by atoms with Crippen molar-refractivity contribution in [2.45, 2.75) is 25.5 Å². The molecular weight excluding hydrogens is 463 g/mol. The van der Waals surface area contributed by atoms with Crippen molar-refractivity contribution >= 4 is 34.0 Å². The number of benzene rings is 2. The maximum atomic E-state index is 12.9. The highest BCUT2D eigenvalue weighted by atomic mass is 32.2. The van der Waals surface area contributed by atoms with Gasteiger partial charge in [0.25, 0.3) is 0 Å². The first-order valence-corrected chi connectivity index (χ1v) is 11.8. The van der Waals surface area contributed by atoms with Gasteiger partial charge in [-0.05, 0) is 62.4 Å². The average molecular weight is 487 g/mol. The number of hydrogen-bond acceptors (Lipinski definition) is 9. The SMILES string of the molecule is CCn1c(SCC(C)=O)nnc1-c1ccc(F)cc1.COc1ccc(-c2nnc(N)s2)cc1. The van der Waals surface area contributed by atoms with E-state index in [-0.39, 0.29) is 11.6 Å². The van der Waals surface area contributed by atoms with Crippen molar-refractivity contribution < 1.29 is 13.9 Å². The van der Waals surface area contributed by atoms with Gasteiger partial charge >= 0.3 is 0 Å². The molecule has 2 aromatic carbocycles. The highest BCUT2D eigenvalue weighted by Gasteiger charge is 2.13. The second kappa shape index (κ2) is 11.5. The Bertz CT molecular complexity index is 1190. The molecular formula is C22H23FN6O2S2. The van der Waals surface area contributed by atoms with E-state index in [4.69, 9.17) is 10.5 Å². The zero-order chi connectivity index (χ0) is 23.8. The van der Waals surface area contributed by atoms with Crippen LogP contribution in [-0.2, 0) is 11.3 Å². The van der Waals surface area contributed by atoms with E-state index in [2.05, 4.69) is 20.4 Å². The molecule has 0 fully saturated rings. The smallest absolute Gasteiger partial charge is 0.203 e. The summed E-state index contributed by atoms with van der Waals surface area (Å²) in [5.74, 6) is 1.71. The fourth-order valence-corrected chi connectivity index (χ4v) is 4.16. The van der Waals surface area contributed by atoms with Crippen LogP contribution in [0, 0.1) is 5.82 Å². The molecule has 0 atom stereocenters. The molecule has 11 heteroatoms. The number of ether oxygens (including phenoxy) is 1. The van der Waals surface area contributed by atoms with Crippen molar-refractivity contribution in [3.8, 4) is 27.7 Å². The molecule has 0 bridgehead atoms. The highest BCUT2D eigenvalue weighted by molar-refractivity contribution is 7.99. The summed E-state index contributed by atoms with van der Waals surface area (Å²) in [4.78, 5) is 11.0. The van der Waals surface area contributed by atoms with Crippen molar-refractivity contribution in [3.63, 3.8) is 0 Å². The van der Waals surface area contributed by atoms with Gasteiger partial charge < -0.3 is 15.0 Å². The molecule has 0 amide bonds. The molecule has 0 unspecified atom stereocenters. The highest BCUT2D eigenvalue weighted by Crippen LogP contribution is 2.26. The number of halogens is 1. The summed E-state index contributed by atoms with van der Waals surface area (Å²) >= 11 is 2.73. The van der Waals surface area contributed by atoms with Crippen molar-refractivity contribution in [1.82, 2.24) is 25.0 Å². The molecule has 2 N–H and O–H groups in total. The summed E-state index contributed by atoms with van der Waals surface area (Å²) in [5, 5.41) is 17.9. The first-order valence-electron chi connectivity index (χ1n) is 9.96. The maximum Gasteiger partial charge on any atom is 0.203 e. The third kappa shape index (κ3) is 6.59. The van der Waals surface area contributed by atoms with E-state index in [0.717, 1.165) is 21.9 Å². The first-order chi connectivity index (χ1) is 15.9. The van der Waals surface area contributed by atoms with Crippen LogP contribution in [0.25, 0.3) is 22.0 Å². The van der Waals surface area contributed by atoms with Crippen LogP contribution in [0.3, 0.4) is 0 Å². The summed E-state index contributed by atoms with van der Waals surface area (Å²) < 4.78 is 19.9. The lowest BCUT2D eigenvalue weighted by Crippen LogP contribution is -2.02. The molecule has 4 rings (SSSR count). The molecule has 0 saturated carbocycles. The number of ketones is 1. The summed E-state index contributed by atoms with van der Waals surface area (Å²) in [6.45, 7) is 4.22. The fourth-order valence-electron chi connectivity index (χ4n) is 2.74. The fraction of sp³-hybridized carbons (Fsp3) is 0.227. The van der Waals surface area contributed by atoms with Crippen LogP contribution in [-0.4, -0.2) is 43.6 Å². The predicted octanol–water partition coefficient (Wildman–Crippen LogP) is 4.58. The number of carbonyl (C=O) groups excluding carboxylic acids is 1. The Balaban J connectivity index is 0.000000194. The average Bonchev–Trinajstić information content (AvgIpc) is 3.44. The van der Waals surface area contributed by atoms with Gasteiger partial charge in [0.05, 0.1) is 12.9 Å². The van der Waals surface area contributed by atoms with Crippen LogP contribution in [0.2, 0.25) is 0 Å². The maximum absolute atomic E-state index is 12.9. The number of carbonyl (C=O) groups is 1. The molecule has 0 saturated heterocycles. The number of anilines is 1. The minimum Gasteiger partial charge on any atom is -0.497 e. The van der Waals surface area contributed by atoms with Crippen molar-refractivity contribution in [1.29, 1.82) is 0 Å². The Labute approximate surface area is 199 Å². The van der Waals surface area contributed by atoms with E-state index >= 15 is 0 Å². The number of hydrogen-bond donors (Lipinski definition) is 1. The molecule has 0 spiro atoms. The number of thioether (sulfide) groups is 1. The molecule has 2 heterocycles. The topological polar surface area (TPSA) is 109 Å². The Morgan fingerprint density at radius 3 is 2.27 bits per heavy atom. The van der Waals surface area contributed by atoms with Crippen LogP contribution in [0.1, 0.15) is 13.8 Å². The second-order valence-electron chi connectivity index (χ2n) is 6.72. The molecule has 172 valence electrons. The molecule has 2 aromatic heterocycles. The zero-order valence-corrected chi connectivity index (χ0v) is 20.0. The van der Waals surface area contributed by atoms with Crippen LogP contribution in [0.15, 0.2) is 53.7 Å². The molecule has 0 aliphatic rings. The Hall–Kier alpha value is -3.31. The van der Waals surface area contributed by atoms with Gasteiger partial charge in [-0.3, -0.25) is 4.79 Å². The van der Waals surface area contributed by atoms with Crippen LogP contribution >= 0.6 is 23.1 Å². The van der Waals surface area contributed by atoms with Crippen molar-refractivity contribution in [2.75, 3.05) is 18.6 Å². The molecule has 33 heavy (non-hydrogen) atoms. The number of nitrogens with two attached hydrogens (primary N) is 1. The number of nitrogen functional groups attached to an aromatic ring is 1. The molecule has 8 nitrogen and oxygen atoms in total. The first kappa shape index (κ1) is 24.3. The lowest BCUT2D eigenvalue weighted by Gasteiger charge is -2.06. The van der Waals surface area contributed by atoms with Gasteiger partial charge in [0, 0.05) is 17.7 Å². The van der Waals surface area contributed by atoms with Crippen LogP contribution in [0.5, 0.6) is 5.75 Å². The van der Waals surface area contributed by atoms with Crippen molar-refractivity contribution in [2.24, 2.45) is 0 Å². The van der Waals surface area contributed by atoms with E-state index in [9.17, 15) is 9.18 Å². The van der Waals surface area contributed by atoms with Gasteiger partial charge in [-0.25, -0.2) is 4.39 Å². The monoisotopic (exact) mass is 486 g/mol. The summed E-state index contributed by atoms with van der Waals surface area (Å²) in [7, 11) is 1.64. The number of aromatic nitrogens is 5. The van der Waals surface area contributed by atoms with Gasteiger partial charge in [-0.1, -0.05) is 23.1 Å². The van der Waals surface area contributed by atoms with Gasteiger partial charge in [-0.15, -0.1) is 20.4 Å². The van der Waals surface area contributed by atoms with Gasteiger partial charge in [0.2, 0.25) is 5.13 Å². The van der Waals surface area contributed by atoms with E-state index in [0.29, 0.717) is 28.4 Å². The largest absolute Gasteiger partial charge is 0.497 e. The number of Topliss-reactive ketones (excluding diaryl/α,β-unsaturated/α-hetero) is 1. The normalized spacial score (nSPS) is 10.4. The van der Waals surface area contributed by atoms with E-state index < -0.39 is 0 Å². The quantitative estimate of drug-likeness (QED) is 0.378. The van der Waals surface area contributed by atoms with E-state index in [1.807, 2.05) is 35.8 Å². The van der Waals surface area contributed by atoms with Gasteiger partial charge in [0.1, 0.15) is 22.4 Å². The van der Waals surface area contributed by atoms with Crippen molar-refractivity contribution in [3.05, 3.63) is 54.3 Å². The van der Waals surface area contributed by atoms with E-state index in [1.165, 1.54) is 35.2 Å².